The molecule has 8 heteroatoms. The second-order valence-electron chi connectivity index (χ2n) is 7.26. The van der Waals surface area contributed by atoms with Crippen molar-refractivity contribution in [3.05, 3.63) is 48.3 Å². The molecule has 2 aromatic rings. The third kappa shape index (κ3) is 6.60. The van der Waals surface area contributed by atoms with E-state index in [4.69, 9.17) is 4.74 Å². The second-order valence-corrected chi connectivity index (χ2v) is 7.26. The molecular weight excluding hydrogens is 368 g/mol. The van der Waals surface area contributed by atoms with Crippen molar-refractivity contribution in [2.75, 3.05) is 44.2 Å². The van der Waals surface area contributed by atoms with Gasteiger partial charge in [0, 0.05) is 63.8 Å². The molecule has 0 saturated carbocycles. The highest BCUT2D eigenvalue weighted by Gasteiger charge is 2.18. The summed E-state index contributed by atoms with van der Waals surface area (Å²) >= 11 is 0. The Kier molecular flexibility index (Phi) is 7.63. The fraction of sp³-hybridized carbons (Fsp3) is 0.476. The lowest BCUT2D eigenvalue weighted by molar-refractivity contribution is 0.230. The Morgan fingerprint density at radius 2 is 1.79 bits per heavy atom. The van der Waals surface area contributed by atoms with Gasteiger partial charge in [-0.15, -0.1) is 0 Å². The van der Waals surface area contributed by atoms with Gasteiger partial charge in [0.1, 0.15) is 5.75 Å². The second kappa shape index (κ2) is 10.6. The molecule has 2 N–H and O–H groups in total. The van der Waals surface area contributed by atoms with Crippen molar-refractivity contribution >= 4 is 12.0 Å². The summed E-state index contributed by atoms with van der Waals surface area (Å²) in [4.78, 5) is 25.3. The molecule has 1 aliphatic rings. The van der Waals surface area contributed by atoms with Gasteiger partial charge in [0.2, 0.25) is 5.95 Å². The maximum atomic E-state index is 12.1. The number of ether oxygens (including phenoxy) is 1. The maximum Gasteiger partial charge on any atom is 0.315 e. The Morgan fingerprint density at radius 3 is 2.52 bits per heavy atom. The fourth-order valence-electron chi connectivity index (χ4n) is 3.21. The van der Waals surface area contributed by atoms with Crippen LogP contribution in [0.2, 0.25) is 0 Å². The summed E-state index contributed by atoms with van der Waals surface area (Å²) in [6.07, 6.45) is 3.63. The Bertz CT molecular complexity index is 763. The lowest BCUT2D eigenvalue weighted by atomic mass is 10.2. The zero-order valence-corrected chi connectivity index (χ0v) is 17.2. The standard InChI is InChI=1S/C21H30N6O2/c1-17(2)29-19-7-4-3-6-18(19)16-25-21(28)24-10-11-26-12-14-27(15-13-26)20-22-8-5-9-23-20/h3-9,17H,10-16H2,1-2H3,(H2,24,25,28). The molecule has 0 aliphatic carbocycles. The lowest BCUT2D eigenvalue weighted by Gasteiger charge is -2.34. The summed E-state index contributed by atoms with van der Waals surface area (Å²) in [6, 6.07) is 9.43. The smallest absolute Gasteiger partial charge is 0.315 e. The van der Waals surface area contributed by atoms with Crippen molar-refractivity contribution in [1.82, 2.24) is 25.5 Å². The highest BCUT2D eigenvalue weighted by atomic mass is 16.5. The van der Waals surface area contributed by atoms with Crippen LogP contribution >= 0.6 is 0 Å². The first-order chi connectivity index (χ1) is 14.1. The molecule has 29 heavy (non-hydrogen) atoms. The molecule has 3 rings (SSSR count). The maximum absolute atomic E-state index is 12.1. The number of aromatic nitrogens is 2. The van der Waals surface area contributed by atoms with Crippen LogP contribution in [0, 0.1) is 0 Å². The van der Waals surface area contributed by atoms with E-state index in [0.29, 0.717) is 13.1 Å². The van der Waals surface area contributed by atoms with Gasteiger partial charge in [0.15, 0.2) is 0 Å². The van der Waals surface area contributed by atoms with Crippen LogP contribution < -0.4 is 20.3 Å². The minimum absolute atomic E-state index is 0.0962. The zero-order chi connectivity index (χ0) is 20.5. The molecular formula is C21H30N6O2. The molecule has 0 unspecified atom stereocenters. The highest BCUT2D eigenvalue weighted by Crippen LogP contribution is 2.19. The van der Waals surface area contributed by atoms with Crippen molar-refractivity contribution in [2.45, 2.75) is 26.5 Å². The topological polar surface area (TPSA) is 82.6 Å². The van der Waals surface area contributed by atoms with Gasteiger partial charge >= 0.3 is 6.03 Å². The van der Waals surface area contributed by atoms with Crippen molar-refractivity contribution in [2.24, 2.45) is 0 Å². The zero-order valence-electron chi connectivity index (χ0n) is 17.2. The molecule has 0 spiro atoms. The summed E-state index contributed by atoms with van der Waals surface area (Å²) in [6.45, 7) is 9.49. The van der Waals surface area contributed by atoms with Crippen molar-refractivity contribution in [3.8, 4) is 5.75 Å². The van der Waals surface area contributed by atoms with E-state index < -0.39 is 0 Å². The molecule has 0 radical (unpaired) electrons. The quantitative estimate of drug-likeness (QED) is 0.707. The van der Waals surface area contributed by atoms with E-state index in [-0.39, 0.29) is 12.1 Å². The number of rotatable bonds is 8. The Morgan fingerprint density at radius 1 is 1.07 bits per heavy atom. The van der Waals surface area contributed by atoms with Crippen molar-refractivity contribution in [1.29, 1.82) is 0 Å². The van der Waals surface area contributed by atoms with Crippen LogP contribution in [0.25, 0.3) is 0 Å². The first-order valence-corrected chi connectivity index (χ1v) is 10.1. The van der Waals surface area contributed by atoms with E-state index in [1.54, 1.807) is 12.4 Å². The predicted octanol–water partition coefficient (Wildman–Crippen LogP) is 1.89. The number of nitrogens with zero attached hydrogens (tertiary/aromatic N) is 4. The van der Waals surface area contributed by atoms with Crippen LogP contribution in [0.3, 0.4) is 0 Å². The van der Waals surface area contributed by atoms with Crippen LogP contribution in [0.1, 0.15) is 19.4 Å². The third-order valence-corrected chi connectivity index (χ3v) is 4.70. The molecule has 8 nitrogen and oxygen atoms in total. The van der Waals surface area contributed by atoms with Gasteiger partial charge in [-0.2, -0.15) is 0 Å². The number of carbonyl (C=O) groups excluding carboxylic acids is 1. The Labute approximate surface area is 172 Å². The molecule has 156 valence electrons. The van der Waals surface area contributed by atoms with E-state index in [1.807, 2.05) is 44.2 Å². The number of carbonyl (C=O) groups is 1. The van der Waals surface area contributed by atoms with Crippen LogP contribution in [-0.2, 0) is 6.54 Å². The predicted molar refractivity (Wildman–Crippen MR) is 113 cm³/mol. The van der Waals surface area contributed by atoms with Crippen LogP contribution in [0.5, 0.6) is 5.75 Å². The van der Waals surface area contributed by atoms with Gasteiger partial charge < -0.3 is 20.3 Å². The average molecular weight is 399 g/mol. The minimum Gasteiger partial charge on any atom is -0.491 e. The SMILES string of the molecule is CC(C)Oc1ccccc1CNC(=O)NCCN1CCN(c2ncccn2)CC1. The van der Waals surface area contributed by atoms with Gasteiger partial charge in [-0.25, -0.2) is 14.8 Å². The molecule has 2 amide bonds. The summed E-state index contributed by atoms with van der Waals surface area (Å²) < 4.78 is 5.79. The Balaban J connectivity index is 1.34. The van der Waals surface area contributed by atoms with Gasteiger partial charge in [-0.05, 0) is 26.0 Å². The van der Waals surface area contributed by atoms with Crippen LogP contribution in [0.15, 0.2) is 42.7 Å². The minimum atomic E-state index is -0.166. The number of nitrogens with one attached hydrogen (secondary N) is 2. The largest absolute Gasteiger partial charge is 0.491 e. The molecule has 1 fully saturated rings. The van der Waals surface area contributed by atoms with E-state index in [9.17, 15) is 4.79 Å². The number of piperazine rings is 1. The first kappa shape index (κ1) is 20.9. The molecule has 1 aromatic heterocycles. The Hall–Kier alpha value is -2.87. The molecule has 1 aromatic carbocycles. The number of benzene rings is 1. The van der Waals surface area contributed by atoms with Gasteiger partial charge in [0.25, 0.3) is 0 Å². The molecule has 2 heterocycles. The summed E-state index contributed by atoms with van der Waals surface area (Å²) in [7, 11) is 0. The number of hydrogen-bond donors (Lipinski definition) is 2. The average Bonchev–Trinajstić information content (AvgIpc) is 2.74. The summed E-state index contributed by atoms with van der Waals surface area (Å²) in [5, 5.41) is 5.84. The number of para-hydroxylation sites is 1. The third-order valence-electron chi connectivity index (χ3n) is 4.70. The molecule has 1 saturated heterocycles. The normalized spacial score (nSPS) is 14.7. The van der Waals surface area contributed by atoms with Crippen molar-refractivity contribution in [3.63, 3.8) is 0 Å². The summed E-state index contributed by atoms with van der Waals surface area (Å²) in [5.41, 5.74) is 0.968. The molecule has 0 bridgehead atoms. The van der Waals surface area contributed by atoms with E-state index in [0.717, 1.165) is 50.0 Å². The number of urea groups is 1. The summed E-state index contributed by atoms with van der Waals surface area (Å²) in [5.74, 6) is 1.59. The number of amides is 2. The number of anilines is 1. The monoisotopic (exact) mass is 398 g/mol. The van der Waals surface area contributed by atoms with E-state index in [2.05, 4.69) is 30.4 Å². The lowest BCUT2D eigenvalue weighted by Crippen LogP contribution is -2.49. The molecule has 0 atom stereocenters. The van der Waals surface area contributed by atoms with Crippen LogP contribution in [-0.4, -0.2) is 66.3 Å². The van der Waals surface area contributed by atoms with Crippen LogP contribution in [0.4, 0.5) is 10.7 Å². The first-order valence-electron chi connectivity index (χ1n) is 10.1. The highest BCUT2D eigenvalue weighted by molar-refractivity contribution is 5.73. The number of hydrogen-bond acceptors (Lipinski definition) is 6. The van der Waals surface area contributed by atoms with Gasteiger partial charge in [0.05, 0.1) is 6.10 Å². The van der Waals surface area contributed by atoms with E-state index >= 15 is 0 Å². The fourth-order valence-corrected chi connectivity index (χ4v) is 3.21. The van der Waals surface area contributed by atoms with Gasteiger partial charge in [-0.1, -0.05) is 18.2 Å². The molecule has 1 aliphatic heterocycles. The van der Waals surface area contributed by atoms with E-state index in [1.165, 1.54) is 0 Å². The van der Waals surface area contributed by atoms with Gasteiger partial charge in [-0.3, -0.25) is 4.90 Å². The van der Waals surface area contributed by atoms with Crippen molar-refractivity contribution < 1.29 is 9.53 Å².